The molecule has 4 amide bonds. The van der Waals surface area contributed by atoms with E-state index in [1.54, 1.807) is 26.8 Å². The second kappa shape index (κ2) is 13.0. The minimum atomic E-state index is -4.51. The van der Waals surface area contributed by atoms with Gasteiger partial charge in [0.2, 0.25) is 17.7 Å². The van der Waals surface area contributed by atoms with Gasteiger partial charge in [0, 0.05) is 68.2 Å². The van der Waals surface area contributed by atoms with E-state index in [1.807, 2.05) is 31.2 Å². The number of piperidine rings is 1. The molecular weight excluding hydrogens is 651 g/mol. The van der Waals surface area contributed by atoms with Crippen molar-refractivity contribution in [3.63, 3.8) is 0 Å². The lowest BCUT2D eigenvalue weighted by Gasteiger charge is -2.56. The maximum absolute atomic E-state index is 14.7. The number of fused-ring (bicyclic) bond motifs is 5. The summed E-state index contributed by atoms with van der Waals surface area (Å²) < 4.78 is 45.0. The van der Waals surface area contributed by atoms with Gasteiger partial charge in [0.15, 0.2) is 5.76 Å². The van der Waals surface area contributed by atoms with Gasteiger partial charge in [-0.15, -0.1) is 0 Å². The fourth-order valence-electron chi connectivity index (χ4n) is 8.21. The summed E-state index contributed by atoms with van der Waals surface area (Å²) in [5, 5.41) is 3.74. The summed E-state index contributed by atoms with van der Waals surface area (Å²) in [7, 11) is 0. The highest BCUT2D eigenvalue weighted by Crippen LogP contribution is 2.52. The molecule has 13 heteroatoms. The van der Waals surface area contributed by atoms with E-state index >= 15 is 0 Å². The van der Waals surface area contributed by atoms with E-state index in [0.717, 1.165) is 34.3 Å². The first-order valence-corrected chi connectivity index (χ1v) is 17.0. The number of benzene rings is 2. The van der Waals surface area contributed by atoms with Crippen molar-refractivity contribution in [2.75, 3.05) is 32.7 Å². The highest BCUT2D eigenvalue weighted by molar-refractivity contribution is 5.94. The summed E-state index contributed by atoms with van der Waals surface area (Å²) in [5.41, 5.74) is 1.35. The van der Waals surface area contributed by atoms with Crippen LogP contribution in [0.3, 0.4) is 0 Å². The van der Waals surface area contributed by atoms with Crippen LogP contribution in [0.2, 0.25) is 0 Å². The van der Waals surface area contributed by atoms with Gasteiger partial charge < -0.3 is 29.4 Å². The van der Waals surface area contributed by atoms with Gasteiger partial charge in [-0.2, -0.15) is 13.2 Å². The van der Waals surface area contributed by atoms with Crippen LogP contribution < -0.4 is 5.32 Å². The van der Waals surface area contributed by atoms with Gasteiger partial charge in [-0.05, 0) is 60.7 Å². The van der Waals surface area contributed by atoms with E-state index in [1.165, 1.54) is 18.4 Å². The standard InChI is InChI=1S/C37H38F3N5O5/c1-2-36-28(34(48)43-14-16-44(17-15-43)35(49)30-11-6-18-50-30)20-24(21-31(46)41-22-23-7-5-8-25(19-23)37(38,39)40)33(47)45(36)13-12-27-26-9-3-4-10-29(26)42-32(27)36/h3-11,18-19,24,28,42H,2,12-17,20-22H2,1H3,(H,41,46)/t24?,28-,36+/m1/s1. The van der Waals surface area contributed by atoms with E-state index in [0.29, 0.717) is 45.6 Å². The lowest BCUT2D eigenvalue weighted by atomic mass is 9.65. The van der Waals surface area contributed by atoms with Crippen molar-refractivity contribution in [1.82, 2.24) is 25.0 Å². The lowest BCUT2D eigenvalue weighted by Crippen LogP contribution is -2.66. The van der Waals surface area contributed by atoms with Crippen molar-refractivity contribution in [3.8, 4) is 0 Å². The van der Waals surface area contributed by atoms with E-state index in [-0.39, 0.29) is 48.4 Å². The molecule has 50 heavy (non-hydrogen) atoms. The Labute approximate surface area is 286 Å². The fraction of sp³-hybridized carbons (Fsp3) is 0.405. The minimum Gasteiger partial charge on any atom is -0.459 e. The summed E-state index contributed by atoms with van der Waals surface area (Å²) in [6.07, 6.45) is -2.11. The summed E-state index contributed by atoms with van der Waals surface area (Å²) in [6.45, 7) is 3.46. The zero-order valence-corrected chi connectivity index (χ0v) is 27.6. The van der Waals surface area contributed by atoms with E-state index in [9.17, 15) is 32.3 Å². The first-order chi connectivity index (χ1) is 24.0. The Morgan fingerprint density at radius 3 is 2.46 bits per heavy atom. The number of hydrogen-bond acceptors (Lipinski definition) is 5. The molecule has 2 saturated heterocycles. The predicted molar refractivity (Wildman–Crippen MR) is 176 cm³/mol. The Morgan fingerprint density at radius 2 is 1.74 bits per heavy atom. The summed E-state index contributed by atoms with van der Waals surface area (Å²) in [4.78, 5) is 64.0. The molecule has 5 heterocycles. The molecule has 2 N–H and O–H groups in total. The van der Waals surface area contributed by atoms with Crippen LogP contribution in [-0.2, 0) is 39.1 Å². The Balaban J connectivity index is 1.15. The van der Waals surface area contributed by atoms with E-state index in [2.05, 4.69) is 10.3 Å². The van der Waals surface area contributed by atoms with Crippen LogP contribution in [0.5, 0.6) is 0 Å². The SMILES string of the molecule is CC[C@]12c3[nH]c4ccccc4c3CCN1C(=O)C(CC(=O)NCc1cccc(C(F)(F)F)c1)C[C@@H]2C(=O)N1CCN(C(=O)c2ccco2)CC1. The number of carbonyl (C=O) groups is 4. The fourth-order valence-corrected chi connectivity index (χ4v) is 8.21. The number of furan rings is 1. The number of nitrogens with one attached hydrogen (secondary N) is 2. The third-order valence-electron chi connectivity index (χ3n) is 10.6. The number of H-pyrrole nitrogens is 1. The molecule has 0 aliphatic carbocycles. The average molecular weight is 690 g/mol. The first-order valence-electron chi connectivity index (χ1n) is 17.0. The number of hydrogen-bond donors (Lipinski definition) is 2. The third kappa shape index (κ3) is 5.81. The molecular formula is C37H38F3N5O5. The van der Waals surface area contributed by atoms with Crippen molar-refractivity contribution in [1.29, 1.82) is 0 Å². The molecule has 0 spiro atoms. The first kappa shape index (κ1) is 33.4. The van der Waals surface area contributed by atoms with Crippen LogP contribution in [0.25, 0.3) is 10.9 Å². The third-order valence-corrected chi connectivity index (χ3v) is 10.6. The van der Waals surface area contributed by atoms with Crippen LogP contribution in [-0.4, -0.2) is 76.0 Å². The molecule has 2 aromatic carbocycles. The molecule has 3 atom stereocenters. The van der Waals surface area contributed by atoms with Crippen molar-refractivity contribution >= 4 is 34.5 Å². The molecule has 7 rings (SSSR count). The number of aromatic nitrogens is 1. The largest absolute Gasteiger partial charge is 0.459 e. The summed E-state index contributed by atoms with van der Waals surface area (Å²) in [6, 6.07) is 15.9. The number of alkyl halides is 3. The maximum atomic E-state index is 14.7. The molecule has 262 valence electrons. The second-order valence-electron chi connectivity index (χ2n) is 13.3. The summed E-state index contributed by atoms with van der Waals surface area (Å²) in [5.74, 6) is -2.35. The number of aromatic amines is 1. The van der Waals surface area contributed by atoms with Crippen molar-refractivity contribution < 1.29 is 36.8 Å². The number of halogens is 3. The quantitative estimate of drug-likeness (QED) is 0.280. The van der Waals surface area contributed by atoms with Gasteiger partial charge in [0.25, 0.3) is 5.91 Å². The summed E-state index contributed by atoms with van der Waals surface area (Å²) >= 11 is 0. The zero-order chi connectivity index (χ0) is 35.2. The topological polar surface area (TPSA) is 119 Å². The van der Waals surface area contributed by atoms with Gasteiger partial charge in [-0.1, -0.05) is 37.3 Å². The molecule has 0 radical (unpaired) electrons. The Hall–Kier alpha value is -5.07. The Bertz CT molecular complexity index is 1930. The highest BCUT2D eigenvalue weighted by atomic mass is 19.4. The second-order valence-corrected chi connectivity index (χ2v) is 13.3. The molecule has 3 aliphatic rings. The number of rotatable bonds is 7. The van der Waals surface area contributed by atoms with E-state index < -0.39 is 35.0 Å². The lowest BCUT2D eigenvalue weighted by molar-refractivity contribution is -0.167. The number of amides is 4. The monoisotopic (exact) mass is 689 g/mol. The van der Waals surface area contributed by atoms with Crippen LogP contribution >= 0.6 is 0 Å². The van der Waals surface area contributed by atoms with Crippen molar-refractivity contribution in [2.45, 2.75) is 50.9 Å². The van der Waals surface area contributed by atoms with Gasteiger partial charge in [-0.25, -0.2) is 0 Å². The normalized spacial score (nSPS) is 22.3. The number of carbonyl (C=O) groups excluding carboxylic acids is 4. The molecule has 2 aromatic heterocycles. The average Bonchev–Trinajstić information content (AvgIpc) is 3.80. The number of para-hydroxylation sites is 1. The van der Waals surface area contributed by atoms with Crippen LogP contribution in [0, 0.1) is 11.8 Å². The smallest absolute Gasteiger partial charge is 0.416 e. The molecule has 0 bridgehead atoms. The Morgan fingerprint density at radius 1 is 0.980 bits per heavy atom. The molecule has 1 unspecified atom stereocenters. The van der Waals surface area contributed by atoms with E-state index in [4.69, 9.17) is 4.42 Å². The molecule has 3 aliphatic heterocycles. The number of piperazine rings is 1. The zero-order valence-electron chi connectivity index (χ0n) is 27.6. The highest BCUT2D eigenvalue weighted by Gasteiger charge is 2.59. The van der Waals surface area contributed by atoms with Gasteiger partial charge in [-0.3, -0.25) is 19.2 Å². The van der Waals surface area contributed by atoms with Gasteiger partial charge in [0.05, 0.1) is 23.3 Å². The van der Waals surface area contributed by atoms with Crippen LogP contribution in [0.4, 0.5) is 13.2 Å². The maximum Gasteiger partial charge on any atom is 0.416 e. The van der Waals surface area contributed by atoms with Crippen LogP contribution in [0.1, 0.15) is 59.1 Å². The predicted octanol–water partition coefficient (Wildman–Crippen LogP) is 5.10. The minimum absolute atomic E-state index is 0.124. The molecule has 2 fully saturated rings. The van der Waals surface area contributed by atoms with Gasteiger partial charge >= 0.3 is 6.18 Å². The Kier molecular flexibility index (Phi) is 8.69. The van der Waals surface area contributed by atoms with Crippen molar-refractivity contribution in [3.05, 3.63) is 95.1 Å². The van der Waals surface area contributed by atoms with Gasteiger partial charge in [0.1, 0.15) is 0 Å². The van der Waals surface area contributed by atoms with Crippen molar-refractivity contribution in [2.24, 2.45) is 11.8 Å². The molecule has 0 saturated carbocycles. The number of nitrogens with zero attached hydrogens (tertiary/aromatic N) is 3. The molecule has 10 nitrogen and oxygen atoms in total. The molecule has 4 aromatic rings. The van der Waals surface area contributed by atoms with Crippen LogP contribution in [0.15, 0.2) is 71.3 Å².